The minimum Gasteiger partial charge on any atom is -0.461 e. The van der Waals surface area contributed by atoms with Gasteiger partial charge < -0.3 is 4.74 Å². The Labute approximate surface area is 123 Å². The van der Waals surface area contributed by atoms with Crippen molar-refractivity contribution in [3.8, 4) is 16.9 Å². The molecule has 1 aromatic heterocycles. The topological polar surface area (TPSA) is 22.1 Å². The van der Waals surface area contributed by atoms with Crippen molar-refractivity contribution in [2.24, 2.45) is 0 Å². The van der Waals surface area contributed by atoms with Gasteiger partial charge in [-0.2, -0.15) is 0 Å². The van der Waals surface area contributed by atoms with Crippen molar-refractivity contribution in [1.82, 2.24) is 4.98 Å². The van der Waals surface area contributed by atoms with Crippen LogP contribution in [0.5, 0.6) is 5.75 Å². The van der Waals surface area contributed by atoms with Crippen LogP contribution in [0.25, 0.3) is 27.5 Å². The minimum absolute atomic E-state index is 0.901. The van der Waals surface area contributed by atoms with Crippen molar-refractivity contribution < 1.29 is 4.74 Å². The van der Waals surface area contributed by atoms with E-state index in [1.807, 2.05) is 25.3 Å². The van der Waals surface area contributed by atoms with Crippen molar-refractivity contribution >= 4 is 16.3 Å². The van der Waals surface area contributed by atoms with E-state index in [0.717, 1.165) is 28.2 Å². The molecule has 0 fully saturated rings. The number of aromatic nitrogens is 1. The lowest BCUT2D eigenvalue weighted by Crippen LogP contribution is -2.04. The Morgan fingerprint density at radius 2 is 1.71 bits per heavy atom. The summed E-state index contributed by atoms with van der Waals surface area (Å²) in [6, 6.07) is 16.7. The standard InChI is InChI=1S/C19H15NO/c1-12-13(2)21-17-11-16(14-6-4-3-5-7-14)10-15-8-9-20-19(12)18(15)17/h3-11H,1-2H3. The van der Waals surface area contributed by atoms with Crippen LogP contribution in [0.1, 0.15) is 19.5 Å². The van der Waals surface area contributed by atoms with Crippen molar-refractivity contribution in [1.29, 1.82) is 0 Å². The number of hydrogen-bond donors (Lipinski definition) is 0. The van der Waals surface area contributed by atoms with E-state index in [0.29, 0.717) is 0 Å². The number of hydrogen-bond acceptors (Lipinski definition) is 2. The Hall–Kier alpha value is -2.61. The summed E-state index contributed by atoms with van der Waals surface area (Å²) in [5, 5.41) is 2.28. The minimum atomic E-state index is 0.901. The van der Waals surface area contributed by atoms with Crippen LogP contribution in [-0.2, 0) is 0 Å². The zero-order valence-corrected chi connectivity index (χ0v) is 12.1. The van der Waals surface area contributed by atoms with Crippen LogP contribution in [0, 0.1) is 0 Å². The van der Waals surface area contributed by atoms with Crippen LogP contribution in [-0.4, -0.2) is 4.98 Å². The Morgan fingerprint density at radius 3 is 2.52 bits per heavy atom. The van der Waals surface area contributed by atoms with Gasteiger partial charge in [0.05, 0.1) is 11.1 Å². The van der Waals surface area contributed by atoms with Gasteiger partial charge in [-0.15, -0.1) is 0 Å². The highest BCUT2D eigenvalue weighted by molar-refractivity contribution is 6.00. The van der Waals surface area contributed by atoms with E-state index < -0.39 is 0 Å². The van der Waals surface area contributed by atoms with Gasteiger partial charge in [0.15, 0.2) is 0 Å². The molecule has 4 rings (SSSR count). The third-order valence-corrected chi connectivity index (χ3v) is 4.08. The van der Waals surface area contributed by atoms with E-state index in [1.54, 1.807) is 0 Å². The summed E-state index contributed by atoms with van der Waals surface area (Å²) >= 11 is 0. The highest BCUT2D eigenvalue weighted by Gasteiger charge is 2.19. The molecule has 0 saturated heterocycles. The lowest BCUT2D eigenvalue weighted by atomic mass is 9.96. The second-order valence-corrected chi connectivity index (χ2v) is 5.38. The highest BCUT2D eigenvalue weighted by Crippen LogP contribution is 2.40. The van der Waals surface area contributed by atoms with E-state index in [4.69, 9.17) is 4.74 Å². The number of allylic oxidation sites excluding steroid dienone is 2. The largest absolute Gasteiger partial charge is 0.461 e. The molecule has 2 aromatic carbocycles. The average molecular weight is 273 g/mol. The quantitative estimate of drug-likeness (QED) is 0.619. The van der Waals surface area contributed by atoms with Crippen molar-refractivity contribution in [2.75, 3.05) is 0 Å². The van der Waals surface area contributed by atoms with Gasteiger partial charge in [0, 0.05) is 11.8 Å². The molecule has 0 bridgehead atoms. The monoisotopic (exact) mass is 273 g/mol. The third kappa shape index (κ3) is 1.83. The molecule has 1 aliphatic rings. The van der Waals surface area contributed by atoms with Crippen LogP contribution in [0.3, 0.4) is 0 Å². The summed E-state index contributed by atoms with van der Waals surface area (Å²) in [7, 11) is 0. The molecule has 1 aliphatic heterocycles. The van der Waals surface area contributed by atoms with E-state index in [9.17, 15) is 0 Å². The first kappa shape index (κ1) is 12.2. The SMILES string of the molecule is CC1=C(C)c2nccc3cc(-c4ccccc4)cc(c23)O1. The second-order valence-electron chi connectivity index (χ2n) is 5.38. The number of benzene rings is 2. The fourth-order valence-corrected chi connectivity index (χ4v) is 2.85. The van der Waals surface area contributed by atoms with Gasteiger partial charge >= 0.3 is 0 Å². The molecule has 0 radical (unpaired) electrons. The first-order valence-electron chi connectivity index (χ1n) is 7.08. The van der Waals surface area contributed by atoms with E-state index in [1.165, 1.54) is 16.5 Å². The van der Waals surface area contributed by atoms with E-state index >= 15 is 0 Å². The molecule has 21 heavy (non-hydrogen) atoms. The molecule has 2 heterocycles. The van der Waals surface area contributed by atoms with Gasteiger partial charge in [0.2, 0.25) is 0 Å². The molecule has 0 spiro atoms. The molecule has 0 amide bonds. The number of nitrogens with zero attached hydrogens (tertiary/aromatic N) is 1. The molecule has 0 unspecified atom stereocenters. The normalized spacial score (nSPS) is 13.4. The Kier molecular flexibility index (Phi) is 2.58. The summed E-state index contributed by atoms with van der Waals surface area (Å²) in [6.07, 6.45) is 1.87. The van der Waals surface area contributed by atoms with E-state index in [2.05, 4.69) is 48.3 Å². The number of pyridine rings is 1. The molecule has 2 nitrogen and oxygen atoms in total. The summed E-state index contributed by atoms with van der Waals surface area (Å²) in [5.41, 5.74) is 4.51. The smallest absolute Gasteiger partial charge is 0.137 e. The van der Waals surface area contributed by atoms with Crippen molar-refractivity contribution in [3.63, 3.8) is 0 Å². The number of ether oxygens (including phenoxy) is 1. The molecule has 2 heteroatoms. The summed E-state index contributed by atoms with van der Waals surface area (Å²) in [6.45, 7) is 4.05. The summed E-state index contributed by atoms with van der Waals surface area (Å²) in [4.78, 5) is 4.53. The maximum atomic E-state index is 6.02. The molecular formula is C19H15NO. The van der Waals surface area contributed by atoms with Crippen LogP contribution in [0.15, 0.2) is 60.5 Å². The van der Waals surface area contributed by atoms with Gasteiger partial charge in [-0.3, -0.25) is 4.98 Å². The van der Waals surface area contributed by atoms with Crippen LogP contribution < -0.4 is 4.74 Å². The zero-order chi connectivity index (χ0) is 14.4. The van der Waals surface area contributed by atoms with Crippen molar-refractivity contribution in [3.05, 3.63) is 66.2 Å². The van der Waals surface area contributed by atoms with Gasteiger partial charge in [0.1, 0.15) is 11.5 Å². The second kappa shape index (κ2) is 4.45. The lowest BCUT2D eigenvalue weighted by Gasteiger charge is -2.20. The Morgan fingerprint density at radius 1 is 0.905 bits per heavy atom. The Balaban J connectivity index is 2.03. The molecule has 102 valence electrons. The maximum absolute atomic E-state index is 6.02. The lowest BCUT2D eigenvalue weighted by molar-refractivity contribution is 0.431. The predicted molar refractivity (Wildman–Crippen MR) is 86.1 cm³/mol. The number of rotatable bonds is 1. The van der Waals surface area contributed by atoms with Gasteiger partial charge in [0.25, 0.3) is 0 Å². The average Bonchev–Trinajstić information content (AvgIpc) is 2.53. The molecule has 0 saturated carbocycles. The predicted octanol–water partition coefficient (Wildman–Crippen LogP) is 5.05. The third-order valence-electron chi connectivity index (χ3n) is 4.08. The summed E-state index contributed by atoms with van der Waals surface area (Å²) < 4.78 is 6.02. The highest BCUT2D eigenvalue weighted by atomic mass is 16.5. The first-order chi connectivity index (χ1) is 10.2. The molecule has 3 aromatic rings. The Bertz CT molecular complexity index is 879. The van der Waals surface area contributed by atoms with Crippen LogP contribution in [0.4, 0.5) is 0 Å². The summed E-state index contributed by atoms with van der Waals surface area (Å²) in [5.74, 6) is 1.82. The van der Waals surface area contributed by atoms with Crippen molar-refractivity contribution in [2.45, 2.75) is 13.8 Å². The van der Waals surface area contributed by atoms with Gasteiger partial charge in [-0.1, -0.05) is 30.3 Å². The first-order valence-corrected chi connectivity index (χ1v) is 7.08. The van der Waals surface area contributed by atoms with E-state index in [-0.39, 0.29) is 0 Å². The van der Waals surface area contributed by atoms with Gasteiger partial charge in [-0.25, -0.2) is 0 Å². The van der Waals surface area contributed by atoms with Gasteiger partial charge in [-0.05, 0) is 48.6 Å². The molecule has 0 atom stereocenters. The van der Waals surface area contributed by atoms with Crippen LogP contribution in [0.2, 0.25) is 0 Å². The fraction of sp³-hybridized carbons (Fsp3) is 0.105. The molecule has 0 aliphatic carbocycles. The molecular weight excluding hydrogens is 258 g/mol. The molecule has 0 N–H and O–H groups in total. The zero-order valence-electron chi connectivity index (χ0n) is 12.1. The maximum Gasteiger partial charge on any atom is 0.137 e. The fourth-order valence-electron chi connectivity index (χ4n) is 2.85. The van der Waals surface area contributed by atoms with Crippen LogP contribution >= 0.6 is 0 Å².